The van der Waals surface area contributed by atoms with Crippen molar-refractivity contribution in [1.29, 1.82) is 0 Å². The normalized spacial score (nSPS) is 11.3. The van der Waals surface area contributed by atoms with Gasteiger partial charge in [0.15, 0.2) is 0 Å². The SMILES string of the molecule is NC(=O)c1c(C(F)(F)F)cc(-c2ccccc2)nc1NCc1ccco1. The molecule has 0 fully saturated rings. The third-order valence-electron chi connectivity index (χ3n) is 3.65. The van der Waals surface area contributed by atoms with Crippen LogP contribution in [0.1, 0.15) is 21.7 Å². The number of nitrogens with two attached hydrogens (primary N) is 1. The van der Waals surface area contributed by atoms with E-state index in [9.17, 15) is 18.0 Å². The van der Waals surface area contributed by atoms with Crippen LogP contribution in [-0.4, -0.2) is 10.9 Å². The van der Waals surface area contributed by atoms with Gasteiger partial charge in [-0.1, -0.05) is 30.3 Å². The number of anilines is 1. The zero-order valence-corrected chi connectivity index (χ0v) is 13.4. The first kappa shape index (κ1) is 17.5. The van der Waals surface area contributed by atoms with Crippen LogP contribution in [0.2, 0.25) is 0 Å². The third kappa shape index (κ3) is 3.69. The summed E-state index contributed by atoms with van der Waals surface area (Å²) in [4.78, 5) is 15.9. The fourth-order valence-electron chi connectivity index (χ4n) is 2.49. The molecule has 1 aromatic carbocycles. The summed E-state index contributed by atoms with van der Waals surface area (Å²) in [6.07, 6.45) is -3.33. The van der Waals surface area contributed by atoms with Gasteiger partial charge in [-0.05, 0) is 18.2 Å². The van der Waals surface area contributed by atoms with E-state index in [4.69, 9.17) is 10.2 Å². The van der Waals surface area contributed by atoms with E-state index in [0.29, 0.717) is 11.3 Å². The number of nitrogens with one attached hydrogen (secondary N) is 1. The molecule has 3 N–H and O–H groups in total. The van der Waals surface area contributed by atoms with Crippen LogP contribution in [0.3, 0.4) is 0 Å². The van der Waals surface area contributed by atoms with Crippen molar-refractivity contribution in [2.24, 2.45) is 5.73 Å². The van der Waals surface area contributed by atoms with E-state index in [1.165, 1.54) is 6.26 Å². The number of alkyl halides is 3. The van der Waals surface area contributed by atoms with E-state index in [0.717, 1.165) is 6.07 Å². The van der Waals surface area contributed by atoms with Crippen molar-refractivity contribution >= 4 is 11.7 Å². The molecule has 8 heteroatoms. The Morgan fingerprint density at radius 3 is 2.46 bits per heavy atom. The van der Waals surface area contributed by atoms with Crippen molar-refractivity contribution in [3.05, 3.63) is 71.7 Å². The van der Waals surface area contributed by atoms with Crippen LogP contribution in [0.5, 0.6) is 0 Å². The Hall–Kier alpha value is -3.29. The minimum absolute atomic E-state index is 0.0514. The molecule has 0 atom stereocenters. The van der Waals surface area contributed by atoms with Crippen LogP contribution in [0.4, 0.5) is 19.0 Å². The minimum Gasteiger partial charge on any atom is -0.467 e. The molecule has 3 rings (SSSR count). The van der Waals surface area contributed by atoms with Gasteiger partial charge in [-0.15, -0.1) is 0 Å². The molecular formula is C18H14F3N3O2. The lowest BCUT2D eigenvalue weighted by atomic mass is 10.0. The monoisotopic (exact) mass is 361 g/mol. The number of pyridine rings is 1. The van der Waals surface area contributed by atoms with Gasteiger partial charge in [-0.25, -0.2) is 4.98 Å². The predicted molar refractivity (Wildman–Crippen MR) is 89.2 cm³/mol. The molecule has 26 heavy (non-hydrogen) atoms. The summed E-state index contributed by atoms with van der Waals surface area (Å²) in [6, 6.07) is 12.5. The second-order valence-electron chi connectivity index (χ2n) is 5.44. The first-order valence-electron chi connectivity index (χ1n) is 7.60. The highest BCUT2D eigenvalue weighted by Gasteiger charge is 2.37. The number of amides is 1. The second-order valence-corrected chi connectivity index (χ2v) is 5.44. The number of nitrogens with zero attached hydrogens (tertiary/aromatic N) is 1. The maximum Gasteiger partial charge on any atom is 0.417 e. The first-order chi connectivity index (χ1) is 12.4. The quantitative estimate of drug-likeness (QED) is 0.718. The molecular weight excluding hydrogens is 347 g/mol. The number of rotatable bonds is 5. The van der Waals surface area contributed by atoms with Crippen molar-refractivity contribution < 1.29 is 22.4 Å². The summed E-state index contributed by atoms with van der Waals surface area (Å²) in [5, 5.41) is 2.71. The predicted octanol–water partition coefficient (Wildman–Crippen LogP) is 4.07. The fraction of sp³-hybridized carbons (Fsp3) is 0.111. The molecule has 0 saturated heterocycles. The highest BCUT2D eigenvalue weighted by Crippen LogP contribution is 2.37. The molecule has 2 heterocycles. The van der Waals surface area contributed by atoms with Crippen molar-refractivity contribution in [3.63, 3.8) is 0 Å². The van der Waals surface area contributed by atoms with E-state index in [1.54, 1.807) is 42.5 Å². The Morgan fingerprint density at radius 1 is 1.15 bits per heavy atom. The van der Waals surface area contributed by atoms with Gasteiger partial charge in [-0.3, -0.25) is 4.79 Å². The van der Waals surface area contributed by atoms with Gasteiger partial charge in [0.05, 0.1) is 29.6 Å². The Morgan fingerprint density at radius 2 is 1.88 bits per heavy atom. The van der Waals surface area contributed by atoms with Gasteiger partial charge in [0.1, 0.15) is 11.6 Å². The molecule has 0 spiro atoms. The largest absolute Gasteiger partial charge is 0.467 e. The van der Waals surface area contributed by atoms with Crippen LogP contribution in [-0.2, 0) is 12.7 Å². The zero-order valence-electron chi connectivity index (χ0n) is 13.4. The van der Waals surface area contributed by atoms with E-state index < -0.39 is 23.2 Å². The second kappa shape index (κ2) is 6.91. The third-order valence-corrected chi connectivity index (χ3v) is 3.65. The van der Waals surface area contributed by atoms with Crippen LogP contribution < -0.4 is 11.1 Å². The van der Waals surface area contributed by atoms with Crippen molar-refractivity contribution in [3.8, 4) is 11.3 Å². The van der Waals surface area contributed by atoms with Crippen LogP contribution in [0.25, 0.3) is 11.3 Å². The van der Waals surface area contributed by atoms with Crippen LogP contribution in [0.15, 0.2) is 59.2 Å². The molecule has 0 unspecified atom stereocenters. The first-order valence-corrected chi connectivity index (χ1v) is 7.60. The van der Waals surface area contributed by atoms with Gasteiger partial charge in [-0.2, -0.15) is 13.2 Å². The number of primary amides is 1. The van der Waals surface area contributed by atoms with E-state index in [-0.39, 0.29) is 18.1 Å². The number of hydrogen-bond acceptors (Lipinski definition) is 4. The average Bonchev–Trinajstić information content (AvgIpc) is 3.12. The lowest BCUT2D eigenvalue weighted by Crippen LogP contribution is -2.22. The molecule has 2 aromatic heterocycles. The highest BCUT2D eigenvalue weighted by atomic mass is 19.4. The van der Waals surface area contributed by atoms with Crippen molar-refractivity contribution in [2.75, 3.05) is 5.32 Å². The van der Waals surface area contributed by atoms with E-state index >= 15 is 0 Å². The standard InChI is InChI=1S/C18H14F3N3O2/c19-18(20,21)13-9-14(11-5-2-1-3-6-11)24-17(15(13)16(22)25)23-10-12-7-4-8-26-12/h1-9H,10H2,(H2,22,25)(H,23,24). The molecule has 0 bridgehead atoms. The minimum atomic E-state index is -4.77. The van der Waals surface area contributed by atoms with Crippen molar-refractivity contribution in [1.82, 2.24) is 4.98 Å². The van der Waals surface area contributed by atoms with Crippen molar-refractivity contribution in [2.45, 2.75) is 12.7 Å². The average molecular weight is 361 g/mol. The number of benzene rings is 1. The summed E-state index contributed by atoms with van der Waals surface area (Å²) >= 11 is 0. The van der Waals surface area contributed by atoms with Gasteiger partial charge in [0.2, 0.25) is 0 Å². The maximum absolute atomic E-state index is 13.5. The number of carbonyl (C=O) groups is 1. The molecule has 5 nitrogen and oxygen atoms in total. The zero-order chi connectivity index (χ0) is 18.7. The molecule has 3 aromatic rings. The summed E-state index contributed by atoms with van der Waals surface area (Å²) in [7, 11) is 0. The summed E-state index contributed by atoms with van der Waals surface area (Å²) in [5.41, 5.74) is 3.92. The maximum atomic E-state index is 13.5. The molecule has 0 aliphatic heterocycles. The lowest BCUT2D eigenvalue weighted by Gasteiger charge is -2.17. The van der Waals surface area contributed by atoms with E-state index in [2.05, 4.69) is 10.3 Å². The van der Waals surface area contributed by atoms with Crippen LogP contribution in [0, 0.1) is 0 Å². The summed E-state index contributed by atoms with van der Waals surface area (Å²) < 4.78 is 45.7. The molecule has 1 amide bonds. The molecule has 0 saturated carbocycles. The Kier molecular flexibility index (Phi) is 4.66. The smallest absolute Gasteiger partial charge is 0.417 e. The fourth-order valence-corrected chi connectivity index (χ4v) is 2.49. The summed E-state index contributed by atoms with van der Waals surface area (Å²) in [5.74, 6) is -0.991. The Balaban J connectivity index is 2.13. The van der Waals surface area contributed by atoms with Crippen LogP contribution >= 0.6 is 0 Å². The van der Waals surface area contributed by atoms with Gasteiger partial charge in [0.25, 0.3) is 5.91 Å². The topological polar surface area (TPSA) is 81.2 Å². The summed E-state index contributed by atoms with van der Waals surface area (Å²) in [6.45, 7) is 0.0514. The molecule has 134 valence electrons. The number of halogens is 3. The van der Waals surface area contributed by atoms with Gasteiger partial charge < -0.3 is 15.5 Å². The Bertz CT molecular complexity index is 907. The lowest BCUT2D eigenvalue weighted by molar-refractivity contribution is -0.137. The molecule has 0 aliphatic carbocycles. The number of carbonyl (C=O) groups excluding carboxylic acids is 1. The van der Waals surface area contributed by atoms with Gasteiger partial charge in [0, 0.05) is 5.56 Å². The number of hydrogen-bond donors (Lipinski definition) is 2. The number of aromatic nitrogens is 1. The Labute approximate surface area is 146 Å². The van der Waals surface area contributed by atoms with Gasteiger partial charge >= 0.3 is 6.18 Å². The molecule has 0 aliphatic rings. The number of furan rings is 1. The van der Waals surface area contributed by atoms with E-state index in [1.807, 2.05) is 0 Å². The molecule has 0 radical (unpaired) electrons. The highest BCUT2D eigenvalue weighted by molar-refractivity contribution is 6.00.